The van der Waals surface area contributed by atoms with Crippen LogP contribution in [0.2, 0.25) is 10.0 Å². The highest BCUT2D eigenvalue weighted by Gasteiger charge is 2.66. The third-order valence-corrected chi connectivity index (χ3v) is 10.9. The van der Waals surface area contributed by atoms with E-state index in [1.807, 2.05) is 6.07 Å². The maximum Gasteiger partial charge on any atom is 0.297 e. The average Bonchev–Trinajstić information content (AvgIpc) is 3.71. The Morgan fingerprint density at radius 2 is 1.68 bits per heavy atom. The van der Waals surface area contributed by atoms with Gasteiger partial charge in [0.2, 0.25) is 10.9 Å². The average molecular weight is 702 g/mol. The molecule has 4 heterocycles. The topological polar surface area (TPSA) is 96.6 Å². The zero-order chi connectivity index (χ0) is 32.4. The molecule has 8 nitrogen and oxygen atoms in total. The molecule has 232 valence electrons. The highest BCUT2D eigenvalue weighted by molar-refractivity contribution is 8.00. The smallest absolute Gasteiger partial charge is 0.297 e. The van der Waals surface area contributed by atoms with Gasteiger partial charge in [-0.05, 0) is 53.6 Å². The Bertz CT molecular complexity index is 2330. The van der Waals surface area contributed by atoms with Gasteiger partial charge in [0.1, 0.15) is 11.4 Å². The number of hydrogen-bond donors (Lipinski definition) is 0. The SMILES string of the molecule is O=C1c2oc3ccccc3c(=O)c2C2(C(=O)N(Cc3ccc(F)cc3)c3ccccc32)N1c1nnc(SCc2ccc(Cl)cc2Cl)s1. The number of rotatable bonds is 6. The number of halogens is 3. The third-order valence-electron chi connectivity index (χ3n) is 8.24. The summed E-state index contributed by atoms with van der Waals surface area (Å²) >= 11 is 14.9. The first kappa shape index (κ1) is 29.8. The van der Waals surface area contributed by atoms with Crippen LogP contribution in [0, 0.1) is 5.82 Å². The van der Waals surface area contributed by atoms with E-state index in [-0.39, 0.29) is 34.0 Å². The van der Waals surface area contributed by atoms with Crippen LogP contribution in [0.3, 0.4) is 0 Å². The van der Waals surface area contributed by atoms with Gasteiger partial charge in [-0.25, -0.2) is 4.39 Å². The lowest BCUT2D eigenvalue weighted by Crippen LogP contribution is -2.53. The highest BCUT2D eigenvalue weighted by atomic mass is 35.5. The van der Waals surface area contributed by atoms with Crippen molar-refractivity contribution in [2.75, 3.05) is 9.80 Å². The minimum Gasteiger partial charge on any atom is -0.450 e. The van der Waals surface area contributed by atoms with Gasteiger partial charge < -0.3 is 9.32 Å². The molecule has 2 aliphatic heterocycles. The number of carbonyl (C=O) groups is 2. The Hall–Kier alpha value is -4.55. The molecule has 1 unspecified atom stereocenters. The van der Waals surface area contributed by atoms with Crippen LogP contribution in [0.15, 0.2) is 105 Å². The lowest BCUT2D eigenvalue weighted by Gasteiger charge is -2.32. The fourth-order valence-corrected chi connectivity index (χ4v) is 8.62. The number of fused-ring (bicyclic) bond motifs is 5. The summed E-state index contributed by atoms with van der Waals surface area (Å²) in [5.74, 6) is -1.44. The van der Waals surface area contributed by atoms with Crippen molar-refractivity contribution < 1.29 is 18.4 Å². The number of para-hydroxylation sites is 2. The van der Waals surface area contributed by atoms with E-state index in [0.29, 0.717) is 37.0 Å². The van der Waals surface area contributed by atoms with Gasteiger partial charge in [0.15, 0.2) is 15.3 Å². The molecule has 1 spiro atoms. The molecule has 0 bridgehead atoms. The van der Waals surface area contributed by atoms with Crippen LogP contribution < -0.4 is 15.2 Å². The van der Waals surface area contributed by atoms with Crippen LogP contribution in [0.5, 0.6) is 0 Å². The van der Waals surface area contributed by atoms with Crippen molar-refractivity contribution in [3.8, 4) is 0 Å². The second-order valence-electron chi connectivity index (χ2n) is 10.9. The maximum atomic E-state index is 15.0. The first-order valence-corrected chi connectivity index (χ1v) is 16.8. The lowest BCUT2D eigenvalue weighted by atomic mass is 9.84. The quantitative estimate of drug-likeness (QED) is 0.129. The Morgan fingerprint density at radius 3 is 2.49 bits per heavy atom. The predicted molar refractivity (Wildman–Crippen MR) is 180 cm³/mol. The largest absolute Gasteiger partial charge is 0.450 e. The van der Waals surface area contributed by atoms with Crippen LogP contribution in [0.25, 0.3) is 11.0 Å². The fraction of sp³-hybridized carbons (Fsp3) is 0.0882. The van der Waals surface area contributed by atoms with Crippen molar-refractivity contribution >= 4 is 79.9 Å². The van der Waals surface area contributed by atoms with E-state index in [9.17, 15) is 14.0 Å². The molecule has 0 saturated heterocycles. The van der Waals surface area contributed by atoms with Crippen molar-refractivity contribution in [3.05, 3.63) is 145 Å². The molecular formula is C34H19Cl2FN4O4S2. The lowest BCUT2D eigenvalue weighted by molar-refractivity contribution is -0.121. The molecule has 8 rings (SSSR count). The Balaban J connectivity index is 1.30. The first-order valence-electron chi connectivity index (χ1n) is 14.2. The molecule has 0 radical (unpaired) electrons. The number of aromatic nitrogens is 2. The fourth-order valence-electron chi connectivity index (χ4n) is 6.17. The van der Waals surface area contributed by atoms with Crippen LogP contribution in [-0.2, 0) is 22.6 Å². The summed E-state index contributed by atoms with van der Waals surface area (Å²) in [5, 5.41) is 10.1. The van der Waals surface area contributed by atoms with E-state index >= 15 is 4.79 Å². The van der Waals surface area contributed by atoms with Crippen LogP contribution in [-0.4, -0.2) is 22.0 Å². The minimum atomic E-state index is -1.94. The zero-order valence-corrected chi connectivity index (χ0v) is 27.1. The number of thioether (sulfide) groups is 1. The molecule has 47 heavy (non-hydrogen) atoms. The molecule has 2 aliphatic rings. The Labute approximate surface area is 284 Å². The molecule has 1 atom stereocenters. The van der Waals surface area contributed by atoms with Gasteiger partial charge in [-0.3, -0.25) is 19.3 Å². The molecule has 2 aromatic heterocycles. The summed E-state index contributed by atoms with van der Waals surface area (Å²) in [6.07, 6.45) is 0. The second kappa shape index (κ2) is 11.3. The van der Waals surface area contributed by atoms with Gasteiger partial charge in [-0.1, -0.05) is 94.8 Å². The van der Waals surface area contributed by atoms with Gasteiger partial charge in [0.05, 0.1) is 23.2 Å². The van der Waals surface area contributed by atoms with Crippen LogP contribution in [0.1, 0.15) is 32.8 Å². The van der Waals surface area contributed by atoms with E-state index < -0.39 is 28.6 Å². The van der Waals surface area contributed by atoms with Gasteiger partial charge in [0.25, 0.3) is 11.8 Å². The van der Waals surface area contributed by atoms with Crippen molar-refractivity contribution in [3.63, 3.8) is 0 Å². The monoisotopic (exact) mass is 700 g/mol. The number of carbonyl (C=O) groups excluding carboxylic acids is 2. The number of anilines is 2. The highest BCUT2D eigenvalue weighted by Crippen LogP contribution is 2.55. The molecule has 13 heteroatoms. The second-order valence-corrected chi connectivity index (χ2v) is 13.9. The minimum absolute atomic E-state index is 0.0627. The third kappa shape index (κ3) is 4.60. The predicted octanol–water partition coefficient (Wildman–Crippen LogP) is 7.83. The van der Waals surface area contributed by atoms with E-state index in [1.165, 1.54) is 33.7 Å². The van der Waals surface area contributed by atoms with Crippen molar-refractivity contribution in [1.82, 2.24) is 10.2 Å². The summed E-state index contributed by atoms with van der Waals surface area (Å²) < 4.78 is 20.4. The van der Waals surface area contributed by atoms with Gasteiger partial charge in [-0.2, -0.15) is 0 Å². The van der Waals surface area contributed by atoms with Crippen molar-refractivity contribution in [2.45, 2.75) is 22.2 Å². The number of benzene rings is 4. The normalized spacial score (nSPS) is 16.8. The molecule has 0 N–H and O–H groups in total. The van der Waals surface area contributed by atoms with E-state index in [4.69, 9.17) is 27.6 Å². The van der Waals surface area contributed by atoms with Crippen molar-refractivity contribution in [1.29, 1.82) is 0 Å². The standard InChI is InChI=1S/C34H19Cl2FN4O4S2/c35-20-12-11-19(24(36)15-20)17-46-33-39-38-32(47-33)41-30(43)29-27(28(42)22-5-1-4-8-26(22)45-29)34(41)23-6-2-3-7-25(23)40(31(34)44)16-18-9-13-21(37)14-10-18/h1-15H,16-17H2. The summed E-state index contributed by atoms with van der Waals surface area (Å²) in [6, 6.07) is 24.6. The Morgan fingerprint density at radius 1 is 0.915 bits per heavy atom. The molecule has 0 aliphatic carbocycles. The number of hydrogen-bond acceptors (Lipinski definition) is 8. The van der Waals surface area contributed by atoms with E-state index in [2.05, 4.69) is 10.2 Å². The van der Waals surface area contributed by atoms with Gasteiger partial charge in [0, 0.05) is 21.4 Å². The molecule has 2 amide bonds. The summed E-state index contributed by atoms with van der Waals surface area (Å²) in [4.78, 5) is 46.6. The number of amides is 2. The first-order chi connectivity index (χ1) is 22.8. The van der Waals surface area contributed by atoms with Gasteiger partial charge in [-0.15, -0.1) is 10.2 Å². The maximum absolute atomic E-state index is 15.0. The summed E-state index contributed by atoms with van der Waals surface area (Å²) in [5.41, 5.74) is 0.0980. The Kier molecular flexibility index (Phi) is 7.17. The molecule has 0 saturated carbocycles. The molecule has 6 aromatic rings. The van der Waals surface area contributed by atoms with Crippen LogP contribution in [0.4, 0.5) is 15.2 Å². The van der Waals surface area contributed by atoms with Crippen molar-refractivity contribution in [2.24, 2.45) is 0 Å². The summed E-state index contributed by atoms with van der Waals surface area (Å²) in [7, 11) is 0. The molecule has 4 aromatic carbocycles. The van der Waals surface area contributed by atoms with Gasteiger partial charge >= 0.3 is 0 Å². The number of nitrogens with zero attached hydrogens (tertiary/aromatic N) is 4. The molecule has 0 fully saturated rings. The zero-order valence-electron chi connectivity index (χ0n) is 23.9. The van der Waals surface area contributed by atoms with E-state index in [1.54, 1.807) is 72.8 Å². The summed E-state index contributed by atoms with van der Waals surface area (Å²) in [6.45, 7) is 0.0627. The van der Waals surface area contributed by atoms with Crippen LogP contribution >= 0.6 is 46.3 Å². The van der Waals surface area contributed by atoms with E-state index in [0.717, 1.165) is 16.9 Å². The molecular weight excluding hydrogens is 682 g/mol.